The van der Waals surface area contributed by atoms with E-state index < -0.39 is 6.10 Å². The summed E-state index contributed by atoms with van der Waals surface area (Å²) >= 11 is 0. The summed E-state index contributed by atoms with van der Waals surface area (Å²) in [6.45, 7) is 2.19. The molecule has 2 N–H and O–H groups in total. The molecule has 0 saturated carbocycles. The van der Waals surface area contributed by atoms with Crippen molar-refractivity contribution < 1.29 is 9.50 Å². The number of aliphatic hydroxyl groups is 1. The summed E-state index contributed by atoms with van der Waals surface area (Å²) in [4.78, 5) is 0. The third-order valence-corrected chi connectivity index (χ3v) is 3.56. The Morgan fingerprint density at radius 3 is 2.53 bits per heavy atom. The predicted molar refractivity (Wildman–Crippen MR) is 66.2 cm³/mol. The largest absolute Gasteiger partial charge is 0.388 e. The quantitative estimate of drug-likeness (QED) is 0.843. The first-order valence-corrected chi connectivity index (χ1v) is 6.40. The zero-order chi connectivity index (χ0) is 12.1. The van der Waals surface area contributed by atoms with Crippen LogP contribution in [-0.2, 0) is 0 Å². The molecule has 2 rings (SSSR count). The van der Waals surface area contributed by atoms with E-state index in [2.05, 4.69) is 5.32 Å². The van der Waals surface area contributed by atoms with Crippen LogP contribution in [0, 0.1) is 11.7 Å². The van der Waals surface area contributed by atoms with Crippen molar-refractivity contribution in [2.75, 3.05) is 13.1 Å². The molecule has 0 radical (unpaired) electrons. The molecule has 0 aliphatic carbocycles. The van der Waals surface area contributed by atoms with Gasteiger partial charge in [-0.1, -0.05) is 12.1 Å². The van der Waals surface area contributed by atoms with E-state index in [4.69, 9.17) is 0 Å². The van der Waals surface area contributed by atoms with Gasteiger partial charge < -0.3 is 10.4 Å². The lowest BCUT2D eigenvalue weighted by Gasteiger charge is -2.23. The van der Waals surface area contributed by atoms with Crippen molar-refractivity contribution >= 4 is 0 Å². The van der Waals surface area contributed by atoms with Gasteiger partial charge in [-0.2, -0.15) is 0 Å². The van der Waals surface area contributed by atoms with E-state index in [-0.39, 0.29) is 5.82 Å². The fourth-order valence-corrected chi connectivity index (χ4v) is 2.42. The van der Waals surface area contributed by atoms with Gasteiger partial charge in [0.1, 0.15) is 5.82 Å². The highest BCUT2D eigenvalue weighted by atomic mass is 19.1. The summed E-state index contributed by atoms with van der Waals surface area (Å²) in [6, 6.07) is 6.15. The Labute approximate surface area is 102 Å². The Hall–Kier alpha value is -0.930. The molecular weight excluding hydrogens is 217 g/mol. The third kappa shape index (κ3) is 3.79. The van der Waals surface area contributed by atoms with Crippen molar-refractivity contribution in [3.8, 4) is 0 Å². The second-order valence-electron chi connectivity index (χ2n) is 4.84. The van der Waals surface area contributed by atoms with Gasteiger partial charge in [0.15, 0.2) is 0 Å². The van der Waals surface area contributed by atoms with Gasteiger partial charge >= 0.3 is 0 Å². The number of piperidine rings is 1. The monoisotopic (exact) mass is 237 g/mol. The minimum absolute atomic E-state index is 0.251. The highest BCUT2D eigenvalue weighted by Crippen LogP contribution is 2.24. The number of hydrogen-bond acceptors (Lipinski definition) is 2. The second kappa shape index (κ2) is 6.12. The van der Waals surface area contributed by atoms with Crippen molar-refractivity contribution in [3.63, 3.8) is 0 Å². The molecule has 1 aliphatic heterocycles. The maximum atomic E-state index is 12.7. The lowest BCUT2D eigenvalue weighted by atomic mass is 9.91. The fraction of sp³-hybridized carbons (Fsp3) is 0.571. The minimum atomic E-state index is -0.453. The first-order valence-electron chi connectivity index (χ1n) is 6.40. The summed E-state index contributed by atoms with van der Waals surface area (Å²) < 4.78 is 12.7. The zero-order valence-electron chi connectivity index (χ0n) is 10.0. The number of benzene rings is 1. The Morgan fingerprint density at radius 1 is 1.24 bits per heavy atom. The highest BCUT2D eigenvalue weighted by Gasteiger charge is 2.15. The lowest BCUT2D eigenvalue weighted by Crippen LogP contribution is -2.27. The highest BCUT2D eigenvalue weighted by molar-refractivity contribution is 5.18. The third-order valence-electron chi connectivity index (χ3n) is 3.56. The number of hydrogen-bond donors (Lipinski definition) is 2. The molecule has 1 fully saturated rings. The Balaban J connectivity index is 1.80. The second-order valence-corrected chi connectivity index (χ2v) is 4.84. The first-order chi connectivity index (χ1) is 8.25. The van der Waals surface area contributed by atoms with E-state index in [1.807, 2.05) is 0 Å². The molecule has 1 saturated heterocycles. The molecule has 1 unspecified atom stereocenters. The van der Waals surface area contributed by atoms with Crippen molar-refractivity contribution in [1.29, 1.82) is 0 Å². The van der Waals surface area contributed by atoms with Crippen LogP contribution in [0.3, 0.4) is 0 Å². The van der Waals surface area contributed by atoms with Crippen LogP contribution in [0.4, 0.5) is 4.39 Å². The summed E-state index contributed by atoms with van der Waals surface area (Å²) in [5.74, 6) is 0.477. The molecule has 3 heteroatoms. The minimum Gasteiger partial charge on any atom is -0.388 e. The summed E-state index contributed by atoms with van der Waals surface area (Å²) in [7, 11) is 0. The van der Waals surface area contributed by atoms with E-state index in [1.54, 1.807) is 12.1 Å². The van der Waals surface area contributed by atoms with Crippen molar-refractivity contribution in [2.45, 2.75) is 31.8 Å². The van der Waals surface area contributed by atoms with Gasteiger partial charge in [0.25, 0.3) is 0 Å². The normalized spacial score (nSPS) is 19.2. The molecule has 0 aromatic heterocycles. The summed E-state index contributed by atoms with van der Waals surface area (Å²) in [5, 5.41) is 13.3. The molecule has 1 aliphatic rings. The first kappa shape index (κ1) is 12.5. The van der Waals surface area contributed by atoms with Crippen LogP contribution < -0.4 is 5.32 Å². The van der Waals surface area contributed by atoms with Gasteiger partial charge in [0, 0.05) is 0 Å². The zero-order valence-corrected chi connectivity index (χ0v) is 10.0. The number of halogens is 1. The molecule has 1 aromatic rings. The molecule has 0 spiro atoms. The maximum Gasteiger partial charge on any atom is 0.123 e. The van der Waals surface area contributed by atoms with Crippen LogP contribution in [0.2, 0.25) is 0 Å². The van der Waals surface area contributed by atoms with Crippen LogP contribution in [0.25, 0.3) is 0 Å². The Morgan fingerprint density at radius 2 is 1.88 bits per heavy atom. The molecule has 94 valence electrons. The predicted octanol–water partition coefficient (Wildman–Crippen LogP) is 2.64. The van der Waals surface area contributed by atoms with Crippen LogP contribution in [0.15, 0.2) is 24.3 Å². The Bertz CT molecular complexity index is 333. The fourth-order valence-electron chi connectivity index (χ4n) is 2.42. The van der Waals surface area contributed by atoms with Gasteiger partial charge in [-0.3, -0.25) is 0 Å². The molecule has 1 heterocycles. The number of aliphatic hydroxyl groups excluding tert-OH is 1. The standard InChI is InChI=1S/C14H20FNO/c15-13-4-2-12(3-5-13)14(17)6-1-11-7-9-16-10-8-11/h2-5,11,14,16-17H,1,6-10H2. The van der Waals surface area contributed by atoms with E-state index in [0.29, 0.717) is 0 Å². The van der Waals surface area contributed by atoms with E-state index in [0.717, 1.165) is 37.4 Å². The molecular formula is C14H20FNO. The molecule has 17 heavy (non-hydrogen) atoms. The number of rotatable bonds is 4. The number of nitrogens with one attached hydrogen (secondary N) is 1. The summed E-state index contributed by atoms with van der Waals surface area (Å²) in [6.07, 6.45) is 3.79. The molecule has 0 bridgehead atoms. The lowest BCUT2D eigenvalue weighted by molar-refractivity contribution is 0.152. The van der Waals surface area contributed by atoms with E-state index >= 15 is 0 Å². The maximum absolute atomic E-state index is 12.7. The van der Waals surface area contributed by atoms with Gasteiger partial charge in [0.2, 0.25) is 0 Å². The molecule has 1 atom stereocenters. The van der Waals surface area contributed by atoms with Gasteiger partial charge in [0.05, 0.1) is 6.10 Å². The average molecular weight is 237 g/mol. The molecule has 1 aromatic carbocycles. The SMILES string of the molecule is OC(CCC1CCNCC1)c1ccc(F)cc1. The van der Waals surface area contributed by atoms with E-state index in [9.17, 15) is 9.50 Å². The molecule has 2 nitrogen and oxygen atoms in total. The van der Waals surface area contributed by atoms with E-state index in [1.165, 1.54) is 25.0 Å². The van der Waals surface area contributed by atoms with Gasteiger partial charge in [-0.15, -0.1) is 0 Å². The van der Waals surface area contributed by atoms with Crippen molar-refractivity contribution in [3.05, 3.63) is 35.6 Å². The topological polar surface area (TPSA) is 32.3 Å². The average Bonchev–Trinajstić information content (AvgIpc) is 2.38. The van der Waals surface area contributed by atoms with Crippen LogP contribution in [-0.4, -0.2) is 18.2 Å². The van der Waals surface area contributed by atoms with Gasteiger partial charge in [-0.25, -0.2) is 4.39 Å². The van der Waals surface area contributed by atoms with Crippen LogP contribution >= 0.6 is 0 Å². The van der Waals surface area contributed by atoms with Gasteiger partial charge in [-0.05, 0) is 62.4 Å². The van der Waals surface area contributed by atoms with Crippen molar-refractivity contribution in [2.24, 2.45) is 5.92 Å². The summed E-state index contributed by atoms with van der Waals surface area (Å²) in [5.41, 5.74) is 0.820. The van der Waals surface area contributed by atoms with Crippen molar-refractivity contribution in [1.82, 2.24) is 5.32 Å². The van der Waals surface area contributed by atoms with Crippen LogP contribution in [0.5, 0.6) is 0 Å². The van der Waals surface area contributed by atoms with Crippen LogP contribution in [0.1, 0.15) is 37.4 Å². The molecule has 0 amide bonds. The smallest absolute Gasteiger partial charge is 0.123 e. The Kier molecular flexibility index (Phi) is 4.51.